The number of nitrogens with zero attached hydrogens (tertiary/aromatic N) is 1. The molecule has 2 unspecified atom stereocenters. The summed E-state index contributed by atoms with van der Waals surface area (Å²) < 4.78 is 5.61. The minimum atomic E-state index is -0.500. The molecule has 26 heavy (non-hydrogen) atoms. The van der Waals surface area contributed by atoms with Crippen molar-refractivity contribution in [2.24, 2.45) is 5.92 Å². The van der Waals surface area contributed by atoms with Crippen LogP contribution in [-0.2, 0) is 9.53 Å². The summed E-state index contributed by atoms with van der Waals surface area (Å²) in [4.78, 5) is 27.6. The summed E-state index contributed by atoms with van der Waals surface area (Å²) in [6.45, 7) is 9.71. The molecule has 2 aliphatic rings. The van der Waals surface area contributed by atoms with Crippen LogP contribution in [0.3, 0.4) is 0 Å². The number of carbonyl (C=O) groups is 2. The highest BCUT2D eigenvalue weighted by molar-refractivity contribution is 6.21. The molecule has 140 valence electrons. The van der Waals surface area contributed by atoms with E-state index in [9.17, 15) is 9.59 Å². The van der Waals surface area contributed by atoms with Crippen molar-refractivity contribution < 1.29 is 14.3 Å². The minimum absolute atomic E-state index is 0.0586. The van der Waals surface area contributed by atoms with Crippen LogP contribution in [0.5, 0.6) is 0 Å². The van der Waals surface area contributed by atoms with E-state index >= 15 is 0 Å². The van der Waals surface area contributed by atoms with Gasteiger partial charge in [-0.25, -0.2) is 4.79 Å². The quantitative estimate of drug-likeness (QED) is 0.729. The number of hydrogen-bond donors (Lipinski definition) is 0. The van der Waals surface area contributed by atoms with Crippen molar-refractivity contribution in [1.29, 1.82) is 0 Å². The highest BCUT2D eigenvalue weighted by Gasteiger charge is 2.44. The summed E-state index contributed by atoms with van der Waals surface area (Å²) in [5.74, 6) is 0.0635. The molecule has 0 saturated carbocycles. The molecule has 2 saturated heterocycles. The van der Waals surface area contributed by atoms with Gasteiger partial charge in [0.05, 0.1) is 0 Å². The van der Waals surface area contributed by atoms with Crippen LogP contribution in [-0.4, -0.2) is 34.5 Å². The zero-order valence-corrected chi connectivity index (χ0v) is 16.0. The Morgan fingerprint density at radius 3 is 2.19 bits per heavy atom. The first-order valence-electron chi connectivity index (χ1n) is 9.56. The fourth-order valence-corrected chi connectivity index (χ4v) is 4.24. The van der Waals surface area contributed by atoms with Gasteiger partial charge in [0.2, 0.25) is 0 Å². The van der Waals surface area contributed by atoms with Gasteiger partial charge in [0, 0.05) is 23.6 Å². The molecule has 2 fully saturated rings. The number of ketones is 1. The lowest BCUT2D eigenvalue weighted by Crippen LogP contribution is -2.56. The van der Waals surface area contributed by atoms with Crippen LogP contribution in [0.15, 0.2) is 36.9 Å². The molecule has 1 aromatic carbocycles. The predicted molar refractivity (Wildman–Crippen MR) is 103 cm³/mol. The SMILES string of the molecule is C=C(C(=O)C1CC2CCCC(C1)N2C(=O)OC(C)(C)C)c1ccccc1. The van der Waals surface area contributed by atoms with Gasteiger partial charge in [0.1, 0.15) is 5.60 Å². The van der Waals surface area contributed by atoms with E-state index in [-0.39, 0.29) is 29.9 Å². The van der Waals surface area contributed by atoms with Crippen LogP contribution >= 0.6 is 0 Å². The van der Waals surface area contributed by atoms with Gasteiger partial charge in [0.25, 0.3) is 0 Å². The highest BCUT2D eigenvalue weighted by Crippen LogP contribution is 2.39. The number of piperidine rings is 2. The average molecular weight is 355 g/mol. The Bertz CT molecular complexity index is 675. The number of allylic oxidation sites excluding steroid dienone is 1. The zero-order valence-electron chi connectivity index (χ0n) is 16.0. The molecule has 0 radical (unpaired) electrons. The maximum absolute atomic E-state index is 13.0. The van der Waals surface area contributed by atoms with Gasteiger partial charge in [-0.1, -0.05) is 36.9 Å². The molecule has 0 spiro atoms. The summed E-state index contributed by atoms with van der Waals surface area (Å²) >= 11 is 0. The van der Waals surface area contributed by atoms with E-state index in [1.54, 1.807) is 0 Å². The number of Topliss-reactive ketones (excluding diaryl/α,β-unsaturated/α-hetero) is 1. The molecule has 2 bridgehead atoms. The molecular formula is C22H29NO3. The van der Waals surface area contributed by atoms with Gasteiger partial charge < -0.3 is 9.64 Å². The maximum Gasteiger partial charge on any atom is 0.410 e. The van der Waals surface area contributed by atoms with Gasteiger partial charge in [0.15, 0.2) is 5.78 Å². The topological polar surface area (TPSA) is 46.6 Å². The van der Waals surface area contributed by atoms with Gasteiger partial charge in [-0.05, 0) is 58.4 Å². The molecule has 2 heterocycles. The third-order valence-electron chi connectivity index (χ3n) is 5.37. The average Bonchev–Trinajstić information content (AvgIpc) is 2.58. The van der Waals surface area contributed by atoms with Crippen molar-refractivity contribution in [3.8, 4) is 0 Å². The molecule has 3 rings (SSSR count). The van der Waals surface area contributed by atoms with Gasteiger partial charge in [-0.3, -0.25) is 4.79 Å². The summed E-state index contributed by atoms with van der Waals surface area (Å²) in [5, 5.41) is 0. The van der Waals surface area contributed by atoms with E-state index in [2.05, 4.69) is 6.58 Å². The minimum Gasteiger partial charge on any atom is -0.444 e. The largest absolute Gasteiger partial charge is 0.444 e. The second-order valence-corrected chi connectivity index (χ2v) is 8.50. The number of rotatable bonds is 3. The lowest BCUT2D eigenvalue weighted by molar-refractivity contribution is -0.121. The van der Waals surface area contributed by atoms with Crippen LogP contribution < -0.4 is 0 Å². The fourth-order valence-electron chi connectivity index (χ4n) is 4.24. The Morgan fingerprint density at radius 2 is 1.65 bits per heavy atom. The predicted octanol–water partition coefficient (Wildman–Crippen LogP) is 4.84. The third-order valence-corrected chi connectivity index (χ3v) is 5.37. The van der Waals surface area contributed by atoms with Crippen molar-refractivity contribution in [2.75, 3.05) is 0 Å². The fraction of sp³-hybridized carbons (Fsp3) is 0.545. The van der Waals surface area contributed by atoms with Gasteiger partial charge in [-0.15, -0.1) is 0 Å². The van der Waals surface area contributed by atoms with Crippen molar-refractivity contribution >= 4 is 17.4 Å². The second kappa shape index (κ2) is 7.26. The first-order valence-corrected chi connectivity index (χ1v) is 9.56. The van der Waals surface area contributed by atoms with E-state index in [1.165, 1.54) is 0 Å². The molecule has 2 atom stereocenters. The van der Waals surface area contributed by atoms with E-state index in [0.29, 0.717) is 18.4 Å². The number of benzene rings is 1. The molecule has 2 aliphatic heterocycles. The first-order chi connectivity index (χ1) is 12.3. The van der Waals surface area contributed by atoms with Gasteiger partial charge in [-0.2, -0.15) is 0 Å². The molecule has 0 N–H and O–H groups in total. The smallest absolute Gasteiger partial charge is 0.410 e. The molecule has 4 nitrogen and oxygen atoms in total. The summed E-state index contributed by atoms with van der Waals surface area (Å²) in [6, 6.07) is 9.82. The van der Waals surface area contributed by atoms with Crippen molar-refractivity contribution in [3.63, 3.8) is 0 Å². The Kier molecular flexibility index (Phi) is 5.22. The monoisotopic (exact) mass is 355 g/mol. The molecule has 4 heteroatoms. The van der Waals surface area contributed by atoms with E-state index in [0.717, 1.165) is 24.8 Å². The van der Waals surface area contributed by atoms with Crippen molar-refractivity contribution in [2.45, 2.75) is 70.6 Å². The molecule has 0 aromatic heterocycles. The van der Waals surface area contributed by atoms with E-state index in [4.69, 9.17) is 4.74 Å². The molecule has 0 aliphatic carbocycles. The Labute approximate surface area is 156 Å². The first kappa shape index (κ1) is 18.7. The standard InChI is InChI=1S/C22H29NO3/c1-15(16-9-6-5-7-10-16)20(24)17-13-18-11-8-12-19(14-17)23(18)21(25)26-22(2,3)4/h5-7,9-10,17-19H,1,8,11-14H2,2-4H3. The normalized spacial score (nSPS) is 25.5. The zero-order chi connectivity index (χ0) is 18.9. The maximum atomic E-state index is 13.0. The number of amides is 1. The number of ether oxygens (including phenoxy) is 1. The summed E-state index contributed by atoms with van der Waals surface area (Å²) in [5.41, 5.74) is 0.969. The summed E-state index contributed by atoms with van der Waals surface area (Å²) in [7, 11) is 0. The van der Waals surface area contributed by atoms with E-state index < -0.39 is 5.60 Å². The van der Waals surface area contributed by atoms with Crippen LogP contribution in [0.1, 0.15) is 58.4 Å². The molecule has 1 aromatic rings. The van der Waals surface area contributed by atoms with Crippen LogP contribution in [0.25, 0.3) is 5.57 Å². The van der Waals surface area contributed by atoms with Gasteiger partial charge >= 0.3 is 6.09 Å². The van der Waals surface area contributed by atoms with Crippen molar-refractivity contribution in [3.05, 3.63) is 42.5 Å². The van der Waals surface area contributed by atoms with E-state index in [1.807, 2.05) is 56.0 Å². The number of fused-ring (bicyclic) bond motifs is 2. The molecule has 1 amide bonds. The number of carbonyl (C=O) groups excluding carboxylic acids is 2. The summed E-state index contributed by atoms with van der Waals surface area (Å²) in [6.07, 6.45) is 4.17. The highest BCUT2D eigenvalue weighted by atomic mass is 16.6. The van der Waals surface area contributed by atoms with Crippen LogP contribution in [0.4, 0.5) is 4.79 Å². The molecular weight excluding hydrogens is 326 g/mol. The Hall–Kier alpha value is -2.10. The lowest BCUT2D eigenvalue weighted by Gasteiger charge is -2.48. The van der Waals surface area contributed by atoms with Crippen LogP contribution in [0.2, 0.25) is 0 Å². The third kappa shape index (κ3) is 4.00. The lowest BCUT2D eigenvalue weighted by atomic mass is 9.75. The van der Waals surface area contributed by atoms with Crippen molar-refractivity contribution in [1.82, 2.24) is 4.90 Å². The van der Waals surface area contributed by atoms with Crippen LogP contribution in [0, 0.1) is 5.92 Å². The number of hydrogen-bond acceptors (Lipinski definition) is 3. The Morgan fingerprint density at radius 1 is 1.08 bits per heavy atom. The second-order valence-electron chi connectivity index (χ2n) is 8.50. The Balaban J connectivity index is 1.72.